The molecule has 2 N–H and O–H groups in total. The number of carbonyl (C=O) groups is 2. The molecule has 2 amide bonds. The normalized spacial score (nSPS) is 22.6. The number of nitriles is 1. The molecule has 0 bridgehead atoms. The number of ether oxygens (including phenoxy) is 2. The summed E-state index contributed by atoms with van der Waals surface area (Å²) >= 11 is 0. The van der Waals surface area contributed by atoms with Gasteiger partial charge in [-0.05, 0) is 25.3 Å². The Balaban J connectivity index is 1.25. The second kappa shape index (κ2) is 10.0. The van der Waals surface area contributed by atoms with Crippen molar-refractivity contribution in [2.24, 2.45) is 0 Å². The first-order valence-electron chi connectivity index (χ1n) is 11.8. The van der Waals surface area contributed by atoms with E-state index in [9.17, 15) is 18.4 Å². The highest BCUT2D eigenvalue weighted by Gasteiger charge is 2.47. The lowest BCUT2D eigenvalue weighted by Gasteiger charge is -2.44. The van der Waals surface area contributed by atoms with Crippen LogP contribution in [0.3, 0.4) is 0 Å². The molecule has 0 unspecified atom stereocenters. The predicted molar refractivity (Wildman–Crippen MR) is 119 cm³/mol. The third-order valence-corrected chi connectivity index (χ3v) is 6.56. The van der Waals surface area contributed by atoms with Crippen LogP contribution in [0, 0.1) is 11.3 Å². The first-order valence-corrected chi connectivity index (χ1v) is 11.8. The van der Waals surface area contributed by atoms with Crippen molar-refractivity contribution in [2.45, 2.75) is 68.2 Å². The molecule has 1 saturated carbocycles. The summed E-state index contributed by atoms with van der Waals surface area (Å²) in [5, 5.41) is 15.2. The van der Waals surface area contributed by atoms with Crippen LogP contribution in [0.15, 0.2) is 30.3 Å². The zero-order valence-electron chi connectivity index (χ0n) is 19.6. The molecule has 1 aromatic carbocycles. The standard InChI is InChI=1S/C24H30F2N4O5/c1-22(25,26)13-19(20(31)29-23(16-27)7-8-23)28-21(32)35-30-11-9-24(10-12-30)33-14-18(15-34-24)17-5-3-2-4-6-17/h2-6,18-19H,7-15H2,1H3,(H,28,32)(H,29,31)/t19-/m0/s1. The van der Waals surface area contributed by atoms with Crippen molar-refractivity contribution < 1.29 is 32.7 Å². The topological polar surface area (TPSA) is 113 Å². The minimum atomic E-state index is -3.20. The maximum Gasteiger partial charge on any atom is 0.426 e. The molecule has 2 saturated heterocycles. The Kier molecular flexibility index (Phi) is 7.26. The van der Waals surface area contributed by atoms with E-state index in [0.29, 0.717) is 58.9 Å². The zero-order chi connectivity index (χ0) is 25.1. The molecule has 2 aliphatic heterocycles. The maximum absolute atomic E-state index is 13.6. The molecular formula is C24H30F2N4O5. The van der Waals surface area contributed by atoms with Gasteiger partial charge in [-0.2, -0.15) is 5.26 Å². The van der Waals surface area contributed by atoms with Gasteiger partial charge in [0, 0.05) is 38.3 Å². The molecule has 3 aliphatic rings. The Bertz CT molecular complexity index is 943. The van der Waals surface area contributed by atoms with Crippen LogP contribution < -0.4 is 10.6 Å². The first-order chi connectivity index (χ1) is 16.6. The fourth-order valence-corrected chi connectivity index (χ4v) is 4.29. The summed E-state index contributed by atoms with van der Waals surface area (Å²) in [6.07, 6.45) is -0.112. The quantitative estimate of drug-likeness (QED) is 0.602. The van der Waals surface area contributed by atoms with Crippen LogP contribution in [-0.2, 0) is 19.1 Å². The van der Waals surface area contributed by atoms with Gasteiger partial charge in [0.05, 0.1) is 19.3 Å². The lowest BCUT2D eigenvalue weighted by molar-refractivity contribution is -0.304. The number of halogens is 2. The number of piperidine rings is 1. The largest absolute Gasteiger partial charge is 0.426 e. The molecule has 2 heterocycles. The second-order valence-electron chi connectivity index (χ2n) is 9.60. The highest BCUT2D eigenvalue weighted by atomic mass is 19.3. The van der Waals surface area contributed by atoms with Crippen LogP contribution in [0.5, 0.6) is 0 Å². The summed E-state index contributed by atoms with van der Waals surface area (Å²) in [5.74, 6) is -4.64. The smallest absolute Gasteiger partial charge is 0.351 e. The van der Waals surface area contributed by atoms with E-state index in [1.807, 2.05) is 36.4 Å². The Morgan fingerprint density at radius 2 is 1.83 bits per heavy atom. The van der Waals surface area contributed by atoms with Crippen LogP contribution in [0.25, 0.3) is 0 Å². The van der Waals surface area contributed by atoms with Crippen molar-refractivity contribution in [3.63, 3.8) is 0 Å². The molecule has 11 heteroatoms. The number of rotatable bonds is 7. The van der Waals surface area contributed by atoms with Crippen LogP contribution in [0.1, 0.15) is 50.5 Å². The van der Waals surface area contributed by atoms with Crippen LogP contribution in [0.2, 0.25) is 0 Å². The van der Waals surface area contributed by atoms with Crippen LogP contribution in [0.4, 0.5) is 13.6 Å². The molecule has 4 rings (SSSR count). The van der Waals surface area contributed by atoms with Crippen molar-refractivity contribution in [3.05, 3.63) is 35.9 Å². The number of alkyl halides is 2. The summed E-state index contributed by atoms with van der Waals surface area (Å²) in [5.41, 5.74) is 0.114. The van der Waals surface area contributed by atoms with Gasteiger partial charge in [0.25, 0.3) is 0 Å². The van der Waals surface area contributed by atoms with Crippen molar-refractivity contribution in [3.8, 4) is 6.07 Å². The molecular weight excluding hydrogens is 462 g/mol. The van der Waals surface area contributed by atoms with E-state index in [0.717, 1.165) is 5.56 Å². The van der Waals surface area contributed by atoms with E-state index < -0.39 is 41.7 Å². The summed E-state index contributed by atoms with van der Waals surface area (Å²) in [4.78, 5) is 30.2. The average molecular weight is 493 g/mol. The number of benzene rings is 1. The Hall–Kier alpha value is -2.81. The van der Waals surface area contributed by atoms with E-state index >= 15 is 0 Å². The summed E-state index contributed by atoms with van der Waals surface area (Å²) in [6, 6.07) is 10.4. The van der Waals surface area contributed by atoms with Crippen LogP contribution >= 0.6 is 0 Å². The fourth-order valence-electron chi connectivity index (χ4n) is 4.29. The number of amides is 2. The van der Waals surface area contributed by atoms with Gasteiger partial charge in [-0.25, -0.2) is 13.6 Å². The van der Waals surface area contributed by atoms with Gasteiger partial charge < -0.3 is 24.9 Å². The van der Waals surface area contributed by atoms with Crippen molar-refractivity contribution in [1.82, 2.24) is 15.7 Å². The minimum absolute atomic E-state index is 0.150. The van der Waals surface area contributed by atoms with Gasteiger partial charge in [-0.15, -0.1) is 5.06 Å². The number of hydrogen-bond donors (Lipinski definition) is 2. The SMILES string of the molecule is CC(F)(F)C[C@H](NC(=O)ON1CCC2(CC1)OCC(c1ccccc1)CO2)C(=O)NC1(C#N)CC1. The molecule has 35 heavy (non-hydrogen) atoms. The zero-order valence-corrected chi connectivity index (χ0v) is 19.6. The van der Waals surface area contributed by atoms with E-state index in [1.54, 1.807) is 0 Å². The molecule has 1 spiro atoms. The second-order valence-corrected chi connectivity index (χ2v) is 9.60. The van der Waals surface area contributed by atoms with Crippen molar-refractivity contribution in [2.75, 3.05) is 26.3 Å². The lowest BCUT2D eigenvalue weighted by atomic mass is 9.97. The van der Waals surface area contributed by atoms with E-state index in [-0.39, 0.29) is 5.92 Å². The number of carbonyl (C=O) groups excluding carboxylic acids is 2. The molecule has 0 radical (unpaired) electrons. The molecule has 3 fully saturated rings. The van der Waals surface area contributed by atoms with Gasteiger partial charge >= 0.3 is 6.09 Å². The number of nitrogens with zero attached hydrogens (tertiary/aromatic N) is 2. The summed E-state index contributed by atoms with van der Waals surface area (Å²) in [7, 11) is 0. The van der Waals surface area contributed by atoms with E-state index in [2.05, 4.69) is 10.6 Å². The predicted octanol–water partition coefficient (Wildman–Crippen LogP) is 2.84. The molecule has 0 aromatic heterocycles. The average Bonchev–Trinajstić information content (AvgIpc) is 3.60. The Morgan fingerprint density at radius 3 is 2.37 bits per heavy atom. The van der Waals surface area contributed by atoms with Crippen molar-refractivity contribution in [1.29, 1.82) is 5.26 Å². The lowest BCUT2D eigenvalue weighted by Crippen LogP contribution is -2.54. The van der Waals surface area contributed by atoms with Crippen molar-refractivity contribution >= 4 is 12.0 Å². The molecule has 1 aromatic rings. The summed E-state index contributed by atoms with van der Waals surface area (Å²) in [6.45, 7) is 2.35. The summed E-state index contributed by atoms with van der Waals surface area (Å²) < 4.78 is 39.4. The molecule has 9 nitrogen and oxygen atoms in total. The van der Waals surface area contributed by atoms with E-state index in [1.165, 1.54) is 5.06 Å². The van der Waals surface area contributed by atoms with Crippen LogP contribution in [-0.4, -0.2) is 66.7 Å². The number of hydrogen-bond acceptors (Lipinski definition) is 7. The highest BCUT2D eigenvalue weighted by Crippen LogP contribution is 2.36. The highest BCUT2D eigenvalue weighted by molar-refractivity contribution is 5.86. The number of hydroxylamine groups is 2. The van der Waals surface area contributed by atoms with Gasteiger partial charge in [0.15, 0.2) is 5.79 Å². The monoisotopic (exact) mass is 492 g/mol. The number of nitrogens with one attached hydrogen (secondary N) is 2. The molecule has 1 aliphatic carbocycles. The molecule has 1 atom stereocenters. The van der Waals surface area contributed by atoms with Gasteiger partial charge in [0.2, 0.25) is 11.8 Å². The Labute approximate surface area is 202 Å². The first kappa shape index (κ1) is 25.3. The Morgan fingerprint density at radius 1 is 1.20 bits per heavy atom. The van der Waals surface area contributed by atoms with Gasteiger partial charge in [0.1, 0.15) is 11.6 Å². The third-order valence-electron chi connectivity index (χ3n) is 6.56. The molecule has 190 valence electrons. The maximum atomic E-state index is 13.6. The van der Waals surface area contributed by atoms with Gasteiger partial charge in [-0.3, -0.25) is 4.79 Å². The fraction of sp³-hybridized carbons (Fsp3) is 0.625. The van der Waals surface area contributed by atoms with E-state index in [4.69, 9.17) is 19.6 Å². The van der Waals surface area contributed by atoms with Gasteiger partial charge in [-0.1, -0.05) is 30.3 Å². The minimum Gasteiger partial charge on any atom is -0.351 e. The third kappa shape index (κ3) is 6.66.